The van der Waals surface area contributed by atoms with E-state index in [1.54, 1.807) is 0 Å². The van der Waals surface area contributed by atoms with Crippen LogP contribution in [0, 0.1) is 5.92 Å². The van der Waals surface area contributed by atoms with Crippen LogP contribution in [-0.2, 0) is 13.3 Å². The molecule has 0 spiro atoms. The fourth-order valence-electron chi connectivity index (χ4n) is 4.86. The van der Waals surface area contributed by atoms with E-state index < -0.39 is 9.53 Å². The van der Waals surface area contributed by atoms with Crippen molar-refractivity contribution in [1.29, 1.82) is 0 Å². The minimum absolute atomic E-state index is 0.777. The second kappa shape index (κ2) is 29.6. The molecule has 36 heavy (non-hydrogen) atoms. The van der Waals surface area contributed by atoms with Crippen molar-refractivity contribution in [2.24, 2.45) is 5.92 Å². The molecule has 0 aromatic heterocycles. The van der Waals surface area contributed by atoms with E-state index in [2.05, 4.69) is 39.5 Å². The quantitative estimate of drug-likeness (QED) is 0.0685. The molecule has 5 heteroatoms. The molecule has 0 aromatic rings. The monoisotopic (exact) mass is 529 g/mol. The molecule has 4 nitrogen and oxygen atoms in total. The van der Waals surface area contributed by atoms with Gasteiger partial charge in [-0.15, -0.1) is 0 Å². The van der Waals surface area contributed by atoms with Crippen LogP contribution in [0.3, 0.4) is 0 Å². The Kier molecular flexibility index (Phi) is 29.7. The van der Waals surface area contributed by atoms with Gasteiger partial charge in [0.05, 0.1) is 0 Å². The molecular weight excluding hydrogens is 462 g/mol. The average Bonchev–Trinajstić information content (AvgIpc) is 2.89. The fraction of sp³-hybridized carbons (Fsp3) is 1.00. The van der Waals surface area contributed by atoms with Crippen LogP contribution in [0.5, 0.6) is 0 Å². The Labute approximate surface area is 229 Å². The summed E-state index contributed by atoms with van der Waals surface area (Å²) in [6.45, 7) is 17.4. The summed E-state index contributed by atoms with van der Waals surface area (Å²) in [4.78, 5) is 2.55. The molecule has 0 amide bonds. The maximum Gasteiger partial charge on any atom is 0.484 e. The SMILES string of the molecule is CCCCCCCCO[SiH](OCCCCCCCC)OCCC(CCCCC)CCCN(CC)CC. The first-order chi connectivity index (χ1) is 17.7. The Morgan fingerprint density at radius 2 is 0.917 bits per heavy atom. The topological polar surface area (TPSA) is 30.9 Å². The van der Waals surface area contributed by atoms with Gasteiger partial charge >= 0.3 is 9.53 Å². The summed E-state index contributed by atoms with van der Waals surface area (Å²) in [5.74, 6) is 0.777. The highest BCUT2D eigenvalue weighted by atomic mass is 28.3. The first-order valence-electron chi connectivity index (χ1n) is 16.3. The molecule has 0 aliphatic rings. The molecule has 0 saturated carbocycles. The predicted molar refractivity (Wildman–Crippen MR) is 161 cm³/mol. The Balaban J connectivity index is 4.43. The van der Waals surface area contributed by atoms with Crippen molar-refractivity contribution >= 4 is 9.53 Å². The van der Waals surface area contributed by atoms with E-state index in [0.717, 1.165) is 45.0 Å². The third-order valence-electron chi connectivity index (χ3n) is 7.48. The minimum Gasteiger partial charge on any atom is -0.376 e. The van der Waals surface area contributed by atoms with E-state index in [-0.39, 0.29) is 0 Å². The number of unbranched alkanes of at least 4 members (excludes halogenated alkanes) is 12. The van der Waals surface area contributed by atoms with Gasteiger partial charge in [0.2, 0.25) is 0 Å². The summed E-state index contributed by atoms with van der Waals surface area (Å²) in [5.41, 5.74) is 0. The van der Waals surface area contributed by atoms with E-state index in [9.17, 15) is 0 Å². The molecule has 0 aliphatic carbocycles. The molecule has 0 heterocycles. The largest absolute Gasteiger partial charge is 0.484 e. The van der Waals surface area contributed by atoms with Gasteiger partial charge < -0.3 is 18.2 Å². The normalized spacial score (nSPS) is 12.8. The molecule has 1 unspecified atom stereocenters. The standard InChI is InChI=1S/C31H67NO3Si/c1-6-11-14-16-18-21-28-33-36(34-29-22-19-17-15-12-7-2)35-30-26-31(24-20-13-8-3)25-23-27-32(9-4)10-5/h31,36H,6-30H2,1-5H3. The maximum absolute atomic E-state index is 6.32. The van der Waals surface area contributed by atoms with E-state index in [4.69, 9.17) is 13.3 Å². The third kappa shape index (κ3) is 24.4. The molecule has 1 atom stereocenters. The summed E-state index contributed by atoms with van der Waals surface area (Å²) >= 11 is 0. The summed E-state index contributed by atoms with van der Waals surface area (Å²) in [5, 5.41) is 0. The van der Waals surface area contributed by atoms with Crippen LogP contribution in [0.2, 0.25) is 0 Å². The van der Waals surface area contributed by atoms with Gasteiger partial charge in [0, 0.05) is 19.8 Å². The number of hydrogen-bond donors (Lipinski definition) is 0. The highest BCUT2D eigenvalue weighted by Crippen LogP contribution is 2.20. The molecule has 0 aliphatic heterocycles. The molecule has 0 fully saturated rings. The van der Waals surface area contributed by atoms with Crippen molar-refractivity contribution in [3.63, 3.8) is 0 Å². The fourth-order valence-corrected chi connectivity index (χ4v) is 6.19. The van der Waals surface area contributed by atoms with Gasteiger partial charge in [-0.3, -0.25) is 0 Å². The van der Waals surface area contributed by atoms with Crippen molar-refractivity contribution in [1.82, 2.24) is 4.90 Å². The second-order valence-corrected chi connectivity index (χ2v) is 12.3. The zero-order valence-electron chi connectivity index (χ0n) is 25.5. The lowest BCUT2D eigenvalue weighted by Gasteiger charge is -2.22. The van der Waals surface area contributed by atoms with Crippen molar-refractivity contribution in [2.45, 2.75) is 157 Å². The first kappa shape index (κ1) is 36.1. The number of hydrogen-bond acceptors (Lipinski definition) is 4. The lowest BCUT2D eigenvalue weighted by molar-refractivity contribution is 0.0841. The molecule has 0 aromatic carbocycles. The van der Waals surface area contributed by atoms with Crippen LogP contribution in [0.1, 0.15) is 157 Å². The van der Waals surface area contributed by atoms with Gasteiger partial charge in [0.1, 0.15) is 0 Å². The van der Waals surface area contributed by atoms with Crippen LogP contribution in [0.15, 0.2) is 0 Å². The van der Waals surface area contributed by atoms with Crippen LogP contribution in [0.4, 0.5) is 0 Å². The molecule has 218 valence electrons. The molecule has 0 rings (SSSR count). The van der Waals surface area contributed by atoms with Crippen molar-refractivity contribution in [3.05, 3.63) is 0 Å². The average molecular weight is 530 g/mol. The Morgan fingerprint density at radius 1 is 0.472 bits per heavy atom. The Hall–Kier alpha value is 0.0569. The number of rotatable bonds is 30. The van der Waals surface area contributed by atoms with Crippen molar-refractivity contribution in [3.8, 4) is 0 Å². The van der Waals surface area contributed by atoms with E-state index in [1.807, 2.05) is 0 Å². The Morgan fingerprint density at radius 3 is 1.44 bits per heavy atom. The van der Waals surface area contributed by atoms with Gasteiger partial charge in [0.25, 0.3) is 0 Å². The van der Waals surface area contributed by atoms with E-state index in [1.165, 1.54) is 122 Å². The van der Waals surface area contributed by atoms with Crippen LogP contribution in [0.25, 0.3) is 0 Å². The van der Waals surface area contributed by atoms with Gasteiger partial charge in [-0.05, 0) is 57.7 Å². The molecule has 0 N–H and O–H groups in total. The molecule has 0 radical (unpaired) electrons. The smallest absolute Gasteiger partial charge is 0.376 e. The Bertz CT molecular complexity index is 391. The maximum atomic E-state index is 6.32. The predicted octanol–water partition coefficient (Wildman–Crippen LogP) is 9.18. The zero-order valence-corrected chi connectivity index (χ0v) is 26.7. The second-order valence-electron chi connectivity index (χ2n) is 10.8. The summed E-state index contributed by atoms with van der Waals surface area (Å²) < 4.78 is 18.7. The van der Waals surface area contributed by atoms with Gasteiger partial charge in [-0.25, -0.2) is 0 Å². The highest BCUT2D eigenvalue weighted by molar-refractivity contribution is 6.36. The van der Waals surface area contributed by atoms with Crippen LogP contribution in [-0.4, -0.2) is 53.9 Å². The van der Waals surface area contributed by atoms with Gasteiger partial charge in [-0.2, -0.15) is 0 Å². The van der Waals surface area contributed by atoms with E-state index >= 15 is 0 Å². The van der Waals surface area contributed by atoms with Crippen LogP contribution >= 0.6 is 0 Å². The first-order valence-corrected chi connectivity index (χ1v) is 17.7. The number of nitrogens with zero attached hydrogens (tertiary/aromatic N) is 1. The van der Waals surface area contributed by atoms with Gasteiger partial charge in [-0.1, -0.05) is 125 Å². The molecule has 0 bridgehead atoms. The molecular formula is C31H67NO3Si. The minimum atomic E-state index is -2.02. The van der Waals surface area contributed by atoms with Crippen molar-refractivity contribution < 1.29 is 13.3 Å². The summed E-state index contributed by atoms with van der Waals surface area (Å²) in [6, 6.07) is 0. The third-order valence-corrected chi connectivity index (χ3v) is 9.00. The molecule has 0 saturated heterocycles. The van der Waals surface area contributed by atoms with E-state index in [0.29, 0.717) is 0 Å². The lowest BCUT2D eigenvalue weighted by Crippen LogP contribution is -2.29. The van der Waals surface area contributed by atoms with Crippen LogP contribution < -0.4 is 0 Å². The van der Waals surface area contributed by atoms with Gasteiger partial charge in [0.15, 0.2) is 0 Å². The highest BCUT2D eigenvalue weighted by Gasteiger charge is 2.17. The lowest BCUT2D eigenvalue weighted by atomic mass is 9.93. The van der Waals surface area contributed by atoms with Crippen molar-refractivity contribution in [2.75, 3.05) is 39.5 Å². The summed E-state index contributed by atoms with van der Waals surface area (Å²) in [7, 11) is -2.02. The summed E-state index contributed by atoms with van der Waals surface area (Å²) in [6.07, 6.45) is 24.7. The zero-order chi connectivity index (χ0) is 26.5.